The highest BCUT2D eigenvalue weighted by molar-refractivity contribution is 8.37. The van der Waals surface area contributed by atoms with Crippen molar-refractivity contribution in [3.05, 3.63) is 22.5 Å². The van der Waals surface area contributed by atoms with Crippen LogP contribution in [0.25, 0.3) is 0 Å². The van der Waals surface area contributed by atoms with Gasteiger partial charge in [0.25, 0.3) is 4.57 Å². The van der Waals surface area contributed by atoms with Crippen LogP contribution in [0.1, 0.15) is 0 Å². The lowest BCUT2D eigenvalue weighted by atomic mass is 10.5. The maximum atomic E-state index is 10.6. The molecule has 0 spiro atoms. The average Bonchev–Trinajstić information content (AvgIpc) is 2.32. The molecule has 0 amide bonds. The number of hydrogen-bond acceptors (Lipinski definition) is 2. The highest BCUT2D eigenvalue weighted by atomic mass is 35.5. The number of carboxylic acid groups (broad SMARTS) is 1. The van der Waals surface area contributed by atoms with Crippen LogP contribution < -0.4 is 0 Å². The van der Waals surface area contributed by atoms with Crippen LogP contribution in [-0.4, -0.2) is 15.7 Å². The van der Waals surface area contributed by atoms with Crippen molar-refractivity contribution in [2.24, 2.45) is 0 Å². The van der Waals surface area contributed by atoms with Gasteiger partial charge >= 0.3 is 5.97 Å². The maximum Gasteiger partial charge on any atom is 0.341 e. The van der Waals surface area contributed by atoms with E-state index < -0.39 is 21.4 Å². The van der Waals surface area contributed by atoms with Crippen molar-refractivity contribution in [2.45, 2.75) is 0 Å². The molecule has 0 fully saturated rings. The minimum atomic E-state index is -1.40. The van der Waals surface area contributed by atoms with Gasteiger partial charge in [-0.25, -0.2) is 4.79 Å². The van der Waals surface area contributed by atoms with Crippen LogP contribution in [0, 0.1) is 0 Å². The van der Waals surface area contributed by atoms with Gasteiger partial charge in [0.1, 0.15) is 0 Å². The highest BCUT2D eigenvalue weighted by Crippen LogP contribution is 2.43. The Labute approximate surface area is 70.7 Å². The van der Waals surface area contributed by atoms with Crippen LogP contribution >= 0.6 is 22.5 Å². The smallest absolute Gasteiger partial charge is 0.341 e. The Kier molecular flexibility index (Phi) is 2.36. The number of carbonyl (C=O) groups excluding carboxylic acids is 1. The second kappa shape index (κ2) is 3.11. The Balaban J connectivity index is 2.85. The number of halogens is 1. The van der Waals surface area contributed by atoms with Crippen molar-refractivity contribution in [1.82, 2.24) is 0 Å². The molecule has 3 nitrogen and oxygen atoms in total. The molecule has 1 unspecified atom stereocenters. The Hall–Kier alpha value is -0.740. The molecule has 1 aliphatic heterocycles. The minimum Gasteiger partial charge on any atom is -0.477 e. The van der Waals surface area contributed by atoms with Crippen LogP contribution in [0.15, 0.2) is 22.5 Å². The normalized spacial score (nSPS) is 24.8. The summed E-state index contributed by atoms with van der Waals surface area (Å²) < 4.78 is -0.595. The van der Waals surface area contributed by atoms with Gasteiger partial charge in [-0.1, -0.05) is 6.08 Å². The summed E-state index contributed by atoms with van der Waals surface area (Å²) in [7, 11) is -1.40. The molecule has 0 saturated heterocycles. The lowest BCUT2D eigenvalue weighted by Crippen LogP contribution is -2.00. The predicted octanol–water partition coefficient (Wildman–Crippen LogP) is 1.84. The summed E-state index contributed by atoms with van der Waals surface area (Å²) >= 11 is 5.16. The number of carbonyl (C=O) groups is 2. The topological polar surface area (TPSA) is 54.4 Å². The molecule has 0 aliphatic carbocycles. The van der Waals surface area contributed by atoms with Crippen molar-refractivity contribution in [1.29, 1.82) is 0 Å². The molecule has 0 aromatic heterocycles. The van der Waals surface area contributed by atoms with Crippen LogP contribution in [0.3, 0.4) is 0 Å². The molecular weight excluding hydrogens is 188 g/mol. The first-order valence-electron chi connectivity index (χ1n) is 2.73. The third-order valence-corrected chi connectivity index (χ3v) is 3.41. The Morgan fingerprint density at radius 1 is 1.55 bits per heavy atom. The summed E-state index contributed by atoms with van der Waals surface area (Å²) in [5.41, 5.74) is 0. The van der Waals surface area contributed by atoms with E-state index in [1.807, 2.05) is 0 Å². The third kappa shape index (κ3) is 1.64. The molecule has 1 atom stereocenters. The summed E-state index contributed by atoms with van der Waals surface area (Å²) in [4.78, 5) is 21.1. The molecule has 0 radical (unpaired) electrons. The predicted molar refractivity (Wildman–Crippen MR) is 45.1 cm³/mol. The van der Waals surface area contributed by atoms with Crippen molar-refractivity contribution in [3.8, 4) is 0 Å². The molecule has 1 rings (SSSR count). The molecule has 0 saturated carbocycles. The first kappa shape index (κ1) is 8.36. The zero-order valence-electron chi connectivity index (χ0n) is 5.32. The van der Waals surface area contributed by atoms with Crippen molar-refractivity contribution in [2.75, 3.05) is 0 Å². The zero-order chi connectivity index (χ0) is 8.43. The Morgan fingerprint density at radius 3 is 2.55 bits per heavy atom. The minimum absolute atomic E-state index is 0.0972. The summed E-state index contributed by atoms with van der Waals surface area (Å²) in [6, 6.07) is 0. The SMILES string of the molecule is O=C(O)C1=CC=C[SH]1C(=O)Cl. The number of allylic oxidation sites excluding steroid dienone is 2. The molecule has 1 aliphatic rings. The number of aliphatic carboxylic acids is 1. The first-order valence-corrected chi connectivity index (χ1v) is 4.52. The fourth-order valence-electron chi connectivity index (χ4n) is 0.708. The third-order valence-electron chi connectivity index (χ3n) is 1.16. The number of rotatable bonds is 1. The average molecular weight is 193 g/mol. The van der Waals surface area contributed by atoms with Gasteiger partial charge in [-0.2, -0.15) is 0 Å². The van der Waals surface area contributed by atoms with E-state index >= 15 is 0 Å². The summed E-state index contributed by atoms with van der Waals surface area (Å²) in [5.74, 6) is -1.07. The van der Waals surface area contributed by atoms with Gasteiger partial charge in [-0.15, -0.1) is 10.9 Å². The Bertz CT molecular complexity index is 269. The molecular formula is C6H5ClO3S. The summed E-state index contributed by atoms with van der Waals surface area (Å²) in [6.07, 6.45) is 2.93. The fraction of sp³-hybridized carbons (Fsp3) is 0. The zero-order valence-corrected chi connectivity index (χ0v) is 6.97. The van der Waals surface area contributed by atoms with Crippen molar-refractivity contribution >= 4 is 33.0 Å². The first-order chi connectivity index (χ1) is 5.13. The van der Waals surface area contributed by atoms with E-state index in [1.165, 1.54) is 17.6 Å². The van der Waals surface area contributed by atoms with Crippen LogP contribution in [0.2, 0.25) is 0 Å². The number of carboxylic acids is 1. The molecule has 5 heteroatoms. The molecule has 0 aromatic rings. The second-order valence-corrected chi connectivity index (χ2v) is 4.35. The van der Waals surface area contributed by atoms with Crippen molar-refractivity contribution in [3.63, 3.8) is 0 Å². The van der Waals surface area contributed by atoms with Gasteiger partial charge in [0, 0.05) is 0 Å². The van der Waals surface area contributed by atoms with Crippen LogP contribution in [0.5, 0.6) is 0 Å². The highest BCUT2D eigenvalue weighted by Gasteiger charge is 2.22. The van der Waals surface area contributed by atoms with E-state index in [-0.39, 0.29) is 4.91 Å². The van der Waals surface area contributed by atoms with Gasteiger partial charge in [0.15, 0.2) is 0 Å². The van der Waals surface area contributed by atoms with Gasteiger partial charge in [-0.05, 0) is 23.1 Å². The van der Waals surface area contributed by atoms with Gasteiger partial charge < -0.3 is 5.11 Å². The number of hydrogen-bond donors (Lipinski definition) is 2. The standard InChI is InChI=1S/C6H5ClO3S/c7-6(10)11-3-1-2-4(11)5(8)9/h1-3,11H,(H,8,9). The maximum absolute atomic E-state index is 10.6. The second-order valence-electron chi connectivity index (χ2n) is 1.82. The Morgan fingerprint density at radius 2 is 2.18 bits per heavy atom. The largest absolute Gasteiger partial charge is 0.477 e. The van der Waals surface area contributed by atoms with E-state index in [4.69, 9.17) is 16.7 Å². The number of thiol groups is 1. The van der Waals surface area contributed by atoms with E-state index in [0.717, 1.165) is 0 Å². The lowest BCUT2D eigenvalue weighted by molar-refractivity contribution is -0.131. The van der Waals surface area contributed by atoms with E-state index in [9.17, 15) is 9.59 Å². The lowest BCUT2D eigenvalue weighted by Gasteiger charge is -2.07. The quantitative estimate of drug-likeness (QED) is 0.493. The monoisotopic (exact) mass is 192 g/mol. The summed E-state index contributed by atoms with van der Waals surface area (Å²) in [6.45, 7) is 0. The molecule has 11 heavy (non-hydrogen) atoms. The van der Waals surface area contributed by atoms with Crippen LogP contribution in [0.4, 0.5) is 4.79 Å². The van der Waals surface area contributed by atoms with Gasteiger partial charge in [-0.3, -0.25) is 4.79 Å². The van der Waals surface area contributed by atoms with Crippen LogP contribution in [-0.2, 0) is 4.79 Å². The van der Waals surface area contributed by atoms with Crippen molar-refractivity contribution < 1.29 is 14.7 Å². The fourth-order valence-corrected chi connectivity index (χ4v) is 2.33. The van der Waals surface area contributed by atoms with E-state index in [2.05, 4.69) is 0 Å². The van der Waals surface area contributed by atoms with E-state index in [1.54, 1.807) is 0 Å². The molecule has 0 aromatic carbocycles. The summed E-state index contributed by atoms with van der Waals surface area (Å²) in [5, 5.41) is 10.1. The van der Waals surface area contributed by atoms with Gasteiger partial charge in [0.05, 0.1) is 4.91 Å². The molecule has 1 heterocycles. The molecule has 60 valence electrons. The molecule has 0 bridgehead atoms. The molecule has 1 N–H and O–H groups in total. The van der Waals surface area contributed by atoms with Gasteiger partial charge in [0.2, 0.25) is 0 Å². The van der Waals surface area contributed by atoms with E-state index in [0.29, 0.717) is 0 Å².